The number of hydrogen-bond donors (Lipinski definition) is 0. The molecule has 6 rings (SSSR count). The third-order valence-electron chi connectivity index (χ3n) is 5.96. The van der Waals surface area contributed by atoms with Gasteiger partial charge in [0, 0.05) is 10.6 Å². The van der Waals surface area contributed by atoms with Crippen LogP contribution in [0.25, 0.3) is 21.6 Å². The molecule has 31 heavy (non-hydrogen) atoms. The number of ether oxygens (including phenoxy) is 1. The van der Waals surface area contributed by atoms with Gasteiger partial charge < -0.3 is 4.74 Å². The first-order valence-electron chi connectivity index (χ1n) is 10.4. The third-order valence-corrected chi connectivity index (χ3v) is 8.24. The topological polar surface area (TPSA) is 69.6 Å². The van der Waals surface area contributed by atoms with E-state index in [-0.39, 0.29) is 0 Å². The molecule has 1 atom stereocenters. The molecule has 0 N–H and O–H groups in total. The quantitative estimate of drug-likeness (QED) is 0.369. The monoisotopic (exact) mass is 450 g/mol. The Hall–Kier alpha value is -2.65. The van der Waals surface area contributed by atoms with Gasteiger partial charge in [0.25, 0.3) is 5.78 Å². The van der Waals surface area contributed by atoms with Gasteiger partial charge in [-0.2, -0.15) is 4.52 Å². The van der Waals surface area contributed by atoms with Crippen LogP contribution in [-0.2, 0) is 18.6 Å². The summed E-state index contributed by atoms with van der Waals surface area (Å²) in [5.41, 5.74) is 3.57. The molecule has 0 spiro atoms. The van der Waals surface area contributed by atoms with Crippen LogP contribution < -0.4 is 4.74 Å². The number of hydrogen-bond acceptors (Lipinski definition) is 7. The van der Waals surface area contributed by atoms with Crippen LogP contribution in [0.1, 0.15) is 35.2 Å². The fourth-order valence-electron chi connectivity index (χ4n) is 4.39. The van der Waals surface area contributed by atoms with Crippen molar-refractivity contribution >= 4 is 44.7 Å². The zero-order chi connectivity index (χ0) is 21.1. The van der Waals surface area contributed by atoms with E-state index in [0.717, 1.165) is 46.7 Å². The van der Waals surface area contributed by atoms with Gasteiger partial charge in [0.2, 0.25) is 0 Å². The zero-order valence-corrected chi connectivity index (χ0v) is 19.3. The van der Waals surface area contributed by atoms with Gasteiger partial charge in [-0.05, 0) is 55.4 Å². The lowest BCUT2D eigenvalue weighted by molar-refractivity contribution is 0.414. The van der Waals surface area contributed by atoms with Gasteiger partial charge in [0.05, 0.1) is 12.5 Å². The van der Waals surface area contributed by atoms with Gasteiger partial charge in [-0.3, -0.25) is 0 Å². The highest BCUT2D eigenvalue weighted by atomic mass is 32.2. The molecule has 4 aromatic heterocycles. The third kappa shape index (κ3) is 3.02. The van der Waals surface area contributed by atoms with Gasteiger partial charge in [-0.1, -0.05) is 30.8 Å². The maximum atomic E-state index is 5.27. The van der Waals surface area contributed by atoms with E-state index < -0.39 is 0 Å². The molecule has 0 amide bonds. The Morgan fingerprint density at radius 2 is 2.06 bits per heavy atom. The molecule has 158 valence electrons. The van der Waals surface area contributed by atoms with Crippen molar-refractivity contribution in [3.63, 3.8) is 0 Å². The Morgan fingerprint density at radius 1 is 1.23 bits per heavy atom. The summed E-state index contributed by atoms with van der Waals surface area (Å²) in [6.45, 7) is 4.28. The van der Waals surface area contributed by atoms with Crippen LogP contribution in [-0.4, -0.2) is 36.3 Å². The molecule has 0 aliphatic heterocycles. The van der Waals surface area contributed by atoms with E-state index in [4.69, 9.17) is 9.72 Å². The first-order chi connectivity index (χ1) is 15.1. The normalized spacial score (nSPS) is 16.4. The number of rotatable bonds is 4. The van der Waals surface area contributed by atoms with Crippen molar-refractivity contribution in [1.82, 2.24) is 29.2 Å². The highest BCUT2D eigenvalue weighted by Crippen LogP contribution is 2.41. The number of aromatic nitrogens is 6. The van der Waals surface area contributed by atoms with Crippen LogP contribution in [0, 0.1) is 12.8 Å². The smallest absolute Gasteiger partial charge is 0.260 e. The minimum atomic E-state index is 0.690. The van der Waals surface area contributed by atoms with Crippen molar-refractivity contribution in [3.05, 3.63) is 46.1 Å². The van der Waals surface area contributed by atoms with Crippen LogP contribution in [0.2, 0.25) is 0 Å². The van der Waals surface area contributed by atoms with E-state index in [1.54, 1.807) is 18.9 Å². The summed E-state index contributed by atoms with van der Waals surface area (Å²) in [6.07, 6.45) is 3.47. The summed E-state index contributed by atoms with van der Waals surface area (Å²) in [6, 6.07) is 8.17. The maximum Gasteiger partial charge on any atom is 0.260 e. The van der Waals surface area contributed by atoms with Gasteiger partial charge >= 0.3 is 0 Å². The predicted molar refractivity (Wildman–Crippen MR) is 123 cm³/mol. The standard InChI is InChI=1S/C22H22N6OS2/c1-12-4-9-17-16(10-12)18-19-23-13(2)26-28(19)21-24-25-22(27(21)20(18)31-17)30-11-14-5-7-15(29-3)8-6-14/h5-8,12H,4,9-11H2,1-3H3. The van der Waals surface area contributed by atoms with Crippen molar-refractivity contribution in [2.24, 2.45) is 5.92 Å². The molecule has 1 aliphatic rings. The number of nitrogens with zero attached hydrogens (tertiary/aromatic N) is 6. The number of fused-ring (bicyclic) bond motifs is 8. The molecule has 0 fully saturated rings. The molecule has 0 saturated heterocycles. The maximum absolute atomic E-state index is 5.27. The average Bonchev–Trinajstić information content (AvgIpc) is 3.46. The molecule has 1 unspecified atom stereocenters. The van der Waals surface area contributed by atoms with Crippen molar-refractivity contribution in [1.29, 1.82) is 0 Å². The summed E-state index contributed by atoms with van der Waals surface area (Å²) < 4.78 is 9.32. The van der Waals surface area contributed by atoms with Crippen molar-refractivity contribution in [2.75, 3.05) is 7.11 Å². The zero-order valence-electron chi connectivity index (χ0n) is 17.6. The van der Waals surface area contributed by atoms with E-state index in [2.05, 4.69) is 38.8 Å². The summed E-state index contributed by atoms with van der Waals surface area (Å²) in [5.74, 6) is 3.85. The van der Waals surface area contributed by atoms with E-state index >= 15 is 0 Å². The van der Waals surface area contributed by atoms with Gasteiger partial charge in [-0.25, -0.2) is 9.38 Å². The molecule has 0 bridgehead atoms. The number of thioether (sulfide) groups is 1. The molecule has 9 heteroatoms. The minimum Gasteiger partial charge on any atom is -0.497 e. The molecule has 4 heterocycles. The predicted octanol–water partition coefficient (Wildman–Crippen LogP) is 4.72. The summed E-state index contributed by atoms with van der Waals surface area (Å²) in [7, 11) is 1.69. The number of aryl methyl sites for hydroxylation is 2. The van der Waals surface area contributed by atoms with Crippen LogP contribution in [0.5, 0.6) is 5.75 Å². The molecule has 1 aromatic carbocycles. The Balaban J connectivity index is 1.52. The SMILES string of the molecule is COc1ccc(CSc2nnc3n4nc(C)nc4c4c5c(sc4n23)CCC(C)C5)cc1. The van der Waals surface area contributed by atoms with Crippen LogP contribution >= 0.6 is 23.1 Å². The molecule has 7 nitrogen and oxygen atoms in total. The first-order valence-corrected chi connectivity index (χ1v) is 12.2. The lowest BCUT2D eigenvalue weighted by atomic mass is 9.89. The highest BCUT2D eigenvalue weighted by molar-refractivity contribution is 7.98. The Bertz CT molecular complexity index is 1430. The Morgan fingerprint density at radius 3 is 2.87 bits per heavy atom. The number of methoxy groups -OCH3 is 1. The van der Waals surface area contributed by atoms with E-state index in [0.29, 0.717) is 5.92 Å². The van der Waals surface area contributed by atoms with Crippen molar-refractivity contribution in [3.8, 4) is 5.75 Å². The minimum absolute atomic E-state index is 0.690. The Kier molecular flexibility index (Phi) is 4.43. The van der Waals surface area contributed by atoms with Crippen molar-refractivity contribution < 1.29 is 4.74 Å². The molecule has 0 radical (unpaired) electrons. The van der Waals surface area contributed by atoms with Gasteiger partial charge in [0.15, 0.2) is 10.8 Å². The van der Waals surface area contributed by atoms with Gasteiger partial charge in [0.1, 0.15) is 16.4 Å². The second-order valence-electron chi connectivity index (χ2n) is 8.18. The van der Waals surface area contributed by atoms with E-state index in [9.17, 15) is 0 Å². The van der Waals surface area contributed by atoms with Crippen LogP contribution in [0.3, 0.4) is 0 Å². The largest absolute Gasteiger partial charge is 0.497 e. The molecular formula is C22H22N6OS2. The Labute approximate surface area is 187 Å². The number of thiophene rings is 1. The summed E-state index contributed by atoms with van der Waals surface area (Å²) in [5, 5.41) is 15.8. The second-order valence-corrected chi connectivity index (χ2v) is 10.2. The van der Waals surface area contributed by atoms with Crippen LogP contribution in [0.4, 0.5) is 0 Å². The molecular weight excluding hydrogens is 428 g/mol. The van der Waals surface area contributed by atoms with Gasteiger partial charge in [-0.15, -0.1) is 26.6 Å². The first kappa shape index (κ1) is 19.1. The molecule has 1 aliphatic carbocycles. The molecule has 5 aromatic rings. The summed E-state index contributed by atoms with van der Waals surface area (Å²) in [4.78, 5) is 7.44. The average molecular weight is 451 g/mol. The molecule has 0 saturated carbocycles. The second kappa shape index (κ2) is 7.20. The van der Waals surface area contributed by atoms with E-state index in [1.165, 1.54) is 32.6 Å². The number of benzene rings is 1. The van der Waals surface area contributed by atoms with Crippen LogP contribution in [0.15, 0.2) is 29.4 Å². The fraction of sp³-hybridized carbons (Fsp3) is 0.364. The highest BCUT2D eigenvalue weighted by Gasteiger charge is 2.27. The fourth-order valence-corrected chi connectivity index (χ4v) is 6.67. The summed E-state index contributed by atoms with van der Waals surface area (Å²) >= 11 is 3.57. The lowest BCUT2D eigenvalue weighted by Crippen LogP contribution is -2.09. The van der Waals surface area contributed by atoms with Crippen molar-refractivity contribution in [2.45, 2.75) is 44.0 Å². The lowest BCUT2D eigenvalue weighted by Gasteiger charge is -2.17. The van der Waals surface area contributed by atoms with E-state index in [1.807, 2.05) is 34.9 Å².